The lowest BCUT2D eigenvalue weighted by Gasteiger charge is -2.14. The molecule has 23 heteroatoms. The topological polar surface area (TPSA) is 243 Å². The highest BCUT2D eigenvalue weighted by atomic mass is 19.1. The monoisotopic (exact) mass is 990 g/mol. The van der Waals surface area contributed by atoms with Gasteiger partial charge in [0.1, 0.15) is 11.3 Å². The molecule has 2 saturated carbocycles. The molecule has 0 bridgehead atoms. The fourth-order valence-electron chi connectivity index (χ4n) is 8.24. The SMILES string of the molecule is COc1ccc(-n2cccn2)c(CN)c1F.COc1ccc(-n2cccn2)c(CNC(=O)c2cn(Cc3cn4cc(C5CC5)ccc4n3)nn2)c1F.O=C(O)c1cn(Cc2cn3cc(C4CC4)ccc3n2)nn1. The summed E-state index contributed by atoms with van der Waals surface area (Å²) < 4.78 is 49.1. The summed E-state index contributed by atoms with van der Waals surface area (Å²) in [7, 11) is 2.81. The molecule has 0 atom stereocenters. The van der Waals surface area contributed by atoms with Crippen molar-refractivity contribution in [2.24, 2.45) is 5.73 Å². The molecule has 0 saturated heterocycles. The minimum absolute atomic E-state index is 0.0604. The molecule has 10 aromatic rings. The van der Waals surface area contributed by atoms with Gasteiger partial charge in [0.25, 0.3) is 5.91 Å². The number of aromatic carboxylic acids is 1. The lowest BCUT2D eigenvalue weighted by atomic mass is 10.1. The van der Waals surface area contributed by atoms with E-state index >= 15 is 4.39 Å². The molecule has 0 aliphatic heterocycles. The van der Waals surface area contributed by atoms with E-state index in [2.05, 4.69) is 70.6 Å². The van der Waals surface area contributed by atoms with Crippen LogP contribution in [0, 0.1) is 11.6 Å². The van der Waals surface area contributed by atoms with Crippen molar-refractivity contribution in [1.82, 2.24) is 73.6 Å². The van der Waals surface area contributed by atoms with Crippen LogP contribution >= 0.6 is 0 Å². The molecule has 2 aliphatic carbocycles. The van der Waals surface area contributed by atoms with Gasteiger partial charge in [-0.3, -0.25) is 4.79 Å². The van der Waals surface area contributed by atoms with Crippen molar-refractivity contribution < 1.29 is 33.0 Å². The minimum Gasteiger partial charge on any atom is -0.494 e. The molecule has 0 radical (unpaired) electrons. The van der Waals surface area contributed by atoms with Crippen LogP contribution in [0.15, 0.2) is 123 Å². The normalized spacial score (nSPS) is 13.1. The van der Waals surface area contributed by atoms with Crippen molar-refractivity contribution >= 4 is 23.2 Å². The number of methoxy groups -OCH3 is 2. The Labute approximate surface area is 414 Å². The van der Waals surface area contributed by atoms with Gasteiger partial charge in [-0.05, 0) is 97.2 Å². The summed E-state index contributed by atoms with van der Waals surface area (Å²) in [6.07, 6.45) is 22.8. The van der Waals surface area contributed by atoms with E-state index in [-0.39, 0.29) is 41.5 Å². The van der Waals surface area contributed by atoms with Crippen LogP contribution in [0.4, 0.5) is 8.78 Å². The number of nitrogens with one attached hydrogen (secondary N) is 1. The Morgan fingerprint density at radius 2 is 1.16 bits per heavy atom. The number of rotatable bonds is 15. The van der Waals surface area contributed by atoms with E-state index in [9.17, 15) is 14.0 Å². The average Bonchev–Trinajstić information content (AvgIpc) is 3.86. The molecule has 21 nitrogen and oxygen atoms in total. The van der Waals surface area contributed by atoms with E-state index < -0.39 is 23.5 Å². The van der Waals surface area contributed by atoms with Crippen LogP contribution in [-0.2, 0) is 26.2 Å². The molecular weight excluding hydrogens is 943 g/mol. The molecule has 8 aromatic heterocycles. The zero-order valence-corrected chi connectivity index (χ0v) is 39.5. The molecule has 12 rings (SSSR count). The molecule has 73 heavy (non-hydrogen) atoms. The molecule has 1 amide bonds. The number of hydrogen-bond acceptors (Lipinski definition) is 13. The standard InChI is InChI=1S/C25H23FN8O2.C14H13N5O2.C11H12FN3O/c1-36-22-7-6-21(34-10-2-9-28-34)19(24(22)26)11-27-25(35)20-15-33(31-30-20)14-18-13-32-12-17(16-3-4-16)5-8-23(32)29-18;20-14(21)12-8-19(17-16-12)7-11-6-18-5-10(9-1-2-9)3-4-13(18)15-11;1-16-10-4-3-9(8(7-13)11(10)12)15-6-2-5-14-15/h2,5-10,12-13,15-16H,3-4,11,14H2,1H3,(H,27,35);3-6,8-9H,1-2,7H2,(H,20,21);2-6H,7,13H2,1H3. The van der Waals surface area contributed by atoms with Gasteiger partial charge < -0.3 is 34.4 Å². The number of carboxylic acid groups (broad SMARTS) is 1. The molecule has 0 spiro atoms. The van der Waals surface area contributed by atoms with Crippen molar-refractivity contribution in [1.29, 1.82) is 0 Å². The maximum atomic E-state index is 15.0. The number of hydrogen-bond donors (Lipinski definition) is 3. The molecule has 0 unspecified atom stereocenters. The fraction of sp³-hybridized carbons (Fsp3) is 0.240. The lowest BCUT2D eigenvalue weighted by molar-refractivity contribution is 0.0690. The number of nitrogens with two attached hydrogens (primary N) is 1. The fourth-order valence-corrected chi connectivity index (χ4v) is 8.24. The maximum Gasteiger partial charge on any atom is 0.358 e. The van der Waals surface area contributed by atoms with Gasteiger partial charge in [0.15, 0.2) is 34.5 Å². The number of nitrogens with zero attached hydrogens (tertiary/aromatic N) is 14. The molecule has 4 N–H and O–H groups in total. The van der Waals surface area contributed by atoms with Crippen LogP contribution in [0.2, 0.25) is 0 Å². The third-order valence-corrected chi connectivity index (χ3v) is 12.3. The van der Waals surface area contributed by atoms with E-state index in [0.717, 1.165) is 22.7 Å². The number of halogens is 2. The first kappa shape index (κ1) is 47.6. The van der Waals surface area contributed by atoms with Gasteiger partial charge >= 0.3 is 5.97 Å². The van der Waals surface area contributed by atoms with Crippen molar-refractivity contribution in [2.45, 2.75) is 63.7 Å². The Hall–Kier alpha value is -9.12. The number of benzene rings is 2. The van der Waals surface area contributed by atoms with Crippen molar-refractivity contribution in [3.8, 4) is 22.9 Å². The Morgan fingerprint density at radius 1 is 0.671 bits per heavy atom. The summed E-state index contributed by atoms with van der Waals surface area (Å²) in [5.74, 6) is -0.908. The first-order chi connectivity index (χ1) is 35.5. The van der Waals surface area contributed by atoms with Gasteiger partial charge in [-0.2, -0.15) is 10.2 Å². The van der Waals surface area contributed by atoms with Crippen molar-refractivity contribution in [3.63, 3.8) is 0 Å². The number of carboxylic acids is 1. The van der Waals surface area contributed by atoms with E-state index in [4.69, 9.17) is 20.3 Å². The van der Waals surface area contributed by atoms with Gasteiger partial charge in [-0.1, -0.05) is 22.6 Å². The summed E-state index contributed by atoms with van der Waals surface area (Å²) in [6.45, 7) is 0.785. The number of imidazole rings is 2. The Kier molecular flexibility index (Phi) is 13.5. The molecule has 2 fully saturated rings. The molecule has 372 valence electrons. The van der Waals surface area contributed by atoms with Crippen LogP contribution in [0.1, 0.15) is 92.1 Å². The van der Waals surface area contributed by atoms with Gasteiger partial charge in [0, 0.05) is 73.8 Å². The van der Waals surface area contributed by atoms with Gasteiger partial charge in [0.2, 0.25) is 0 Å². The van der Waals surface area contributed by atoms with E-state index in [1.165, 1.54) is 72.7 Å². The number of aromatic nitrogens is 14. The molecule has 2 aliphatic rings. The second-order valence-electron chi connectivity index (χ2n) is 17.3. The van der Waals surface area contributed by atoms with Crippen molar-refractivity contribution in [3.05, 3.63) is 179 Å². The Morgan fingerprint density at radius 3 is 1.62 bits per heavy atom. The summed E-state index contributed by atoms with van der Waals surface area (Å²) in [4.78, 5) is 32.7. The van der Waals surface area contributed by atoms with Crippen LogP contribution in [0.25, 0.3) is 22.7 Å². The largest absolute Gasteiger partial charge is 0.494 e. The van der Waals surface area contributed by atoms with Gasteiger partial charge in [0.05, 0.1) is 62.5 Å². The number of carbonyl (C=O) groups excluding carboxylic acids is 1. The van der Waals surface area contributed by atoms with Crippen LogP contribution in [-0.4, -0.2) is 99.5 Å². The lowest BCUT2D eigenvalue weighted by Crippen LogP contribution is -2.25. The quantitative estimate of drug-likeness (QED) is 0.105. The summed E-state index contributed by atoms with van der Waals surface area (Å²) in [5.41, 5.74) is 13.4. The van der Waals surface area contributed by atoms with Crippen molar-refractivity contribution in [2.75, 3.05) is 14.2 Å². The summed E-state index contributed by atoms with van der Waals surface area (Å²) >= 11 is 0. The third-order valence-electron chi connectivity index (χ3n) is 12.3. The first-order valence-electron chi connectivity index (χ1n) is 23.2. The van der Waals surface area contributed by atoms with Crippen LogP contribution in [0.5, 0.6) is 11.5 Å². The summed E-state index contributed by atoms with van der Waals surface area (Å²) in [6, 6.07) is 18.3. The first-order valence-corrected chi connectivity index (χ1v) is 23.2. The van der Waals surface area contributed by atoms with Gasteiger partial charge in [-0.15, -0.1) is 10.2 Å². The van der Waals surface area contributed by atoms with E-state index in [0.29, 0.717) is 41.9 Å². The minimum atomic E-state index is -1.08. The maximum absolute atomic E-state index is 15.0. The zero-order valence-electron chi connectivity index (χ0n) is 39.5. The number of amides is 1. The predicted molar refractivity (Wildman–Crippen MR) is 259 cm³/mol. The predicted octanol–water partition coefficient (Wildman–Crippen LogP) is 6.14. The highest BCUT2D eigenvalue weighted by Gasteiger charge is 2.25. The van der Waals surface area contributed by atoms with E-state index in [1.807, 2.05) is 33.3 Å². The second-order valence-corrected chi connectivity index (χ2v) is 17.3. The second kappa shape index (κ2) is 20.7. The number of carbonyl (C=O) groups is 2. The highest BCUT2D eigenvalue weighted by molar-refractivity contribution is 5.91. The Bertz CT molecular complexity index is 3560. The van der Waals surface area contributed by atoms with E-state index in [1.54, 1.807) is 70.7 Å². The number of fused-ring (bicyclic) bond motifs is 2. The zero-order chi connectivity index (χ0) is 50.6. The third kappa shape index (κ3) is 10.7. The molecule has 2 aromatic carbocycles. The van der Waals surface area contributed by atoms with Crippen LogP contribution < -0.4 is 20.5 Å². The smallest absolute Gasteiger partial charge is 0.358 e. The summed E-state index contributed by atoms with van der Waals surface area (Å²) in [5, 5.41) is 35.2. The number of ether oxygens (including phenoxy) is 2. The molecular formula is C50H48F2N16O5. The molecule has 8 heterocycles. The van der Waals surface area contributed by atoms with Crippen LogP contribution in [0.3, 0.4) is 0 Å². The Balaban J connectivity index is 0.000000139. The average molecular weight is 991 g/mol. The van der Waals surface area contributed by atoms with Gasteiger partial charge in [-0.25, -0.2) is 42.3 Å². The highest BCUT2D eigenvalue weighted by Crippen LogP contribution is 2.40. The number of pyridine rings is 2.